The Morgan fingerprint density at radius 1 is 1.44 bits per heavy atom. The SMILES string of the molecule is Clc1ccc(Br)c(NCc2cncn2C2CC2)c1. The summed E-state index contributed by atoms with van der Waals surface area (Å²) in [6, 6.07) is 6.39. The zero-order valence-electron chi connectivity index (χ0n) is 9.74. The lowest BCUT2D eigenvalue weighted by Crippen LogP contribution is -2.06. The molecular weight excluding hydrogens is 314 g/mol. The van der Waals surface area contributed by atoms with E-state index in [9.17, 15) is 0 Å². The monoisotopic (exact) mass is 325 g/mol. The van der Waals surface area contributed by atoms with Crippen LogP contribution in [-0.4, -0.2) is 9.55 Å². The van der Waals surface area contributed by atoms with Crippen LogP contribution in [-0.2, 0) is 6.54 Å². The normalized spacial score (nSPS) is 14.8. The van der Waals surface area contributed by atoms with E-state index >= 15 is 0 Å². The first-order valence-electron chi connectivity index (χ1n) is 5.93. The topological polar surface area (TPSA) is 29.9 Å². The van der Waals surface area contributed by atoms with Crippen molar-refractivity contribution in [3.8, 4) is 0 Å². The Morgan fingerprint density at radius 2 is 2.28 bits per heavy atom. The summed E-state index contributed by atoms with van der Waals surface area (Å²) in [6.45, 7) is 0.759. The zero-order chi connectivity index (χ0) is 12.5. The molecular formula is C13H13BrClN3. The Bertz CT molecular complexity index is 563. The summed E-state index contributed by atoms with van der Waals surface area (Å²) in [5, 5.41) is 4.12. The number of halogens is 2. The average Bonchev–Trinajstić information content (AvgIpc) is 3.10. The summed E-state index contributed by atoms with van der Waals surface area (Å²) in [5.41, 5.74) is 2.22. The molecule has 0 unspecified atom stereocenters. The van der Waals surface area contributed by atoms with Crippen molar-refractivity contribution in [2.24, 2.45) is 0 Å². The third kappa shape index (κ3) is 2.54. The van der Waals surface area contributed by atoms with Crippen molar-refractivity contribution in [1.29, 1.82) is 0 Å². The second-order valence-electron chi connectivity index (χ2n) is 4.50. The molecule has 3 rings (SSSR count). The second kappa shape index (κ2) is 4.94. The molecule has 1 fully saturated rings. The Hall–Kier alpha value is -1.00. The Kier molecular flexibility index (Phi) is 3.31. The van der Waals surface area contributed by atoms with Crippen molar-refractivity contribution in [2.45, 2.75) is 25.4 Å². The van der Waals surface area contributed by atoms with Crippen LogP contribution in [0, 0.1) is 0 Å². The molecule has 1 aliphatic carbocycles. The highest BCUT2D eigenvalue weighted by molar-refractivity contribution is 9.10. The highest BCUT2D eigenvalue weighted by Crippen LogP contribution is 2.36. The molecule has 0 aliphatic heterocycles. The standard InChI is InChI=1S/C13H13BrClN3/c14-12-4-1-9(15)5-13(12)17-7-11-6-16-8-18(11)10-2-3-10/h1,4-6,8,10,17H,2-3,7H2. The van der Waals surface area contributed by atoms with Gasteiger partial charge in [0.2, 0.25) is 0 Å². The summed E-state index contributed by atoms with van der Waals surface area (Å²) >= 11 is 9.50. The van der Waals surface area contributed by atoms with E-state index in [4.69, 9.17) is 11.6 Å². The van der Waals surface area contributed by atoms with E-state index in [0.29, 0.717) is 6.04 Å². The number of rotatable bonds is 4. The van der Waals surface area contributed by atoms with Gasteiger partial charge in [0.25, 0.3) is 0 Å². The fourth-order valence-corrected chi connectivity index (χ4v) is 2.53. The maximum atomic E-state index is 5.99. The quantitative estimate of drug-likeness (QED) is 0.910. The fourth-order valence-electron chi connectivity index (χ4n) is 1.97. The van der Waals surface area contributed by atoms with Crippen LogP contribution in [0.15, 0.2) is 35.2 Å². The van der Waals surface area contributed by atoms with Crippen LogP contribution < -0.4 is 5.32 Å². The van der Waals surface area contributed by atoms with Gasteiger partial charge >= 0.3 is 0 Å². The van der Waals surface area contributed by atoms with Gasteiger partial charge in [-0.3, -0.25) is 0 Å². The highest BCUT2D eigenvalue weighted by Gasteiger charge is 2.24. The van der Waals surface area contributed by atoms with E-state index in [2.05, 4.69) is 30.8 Å². The molecule has 5 heteroatoms. The molecule has 0 bridgehead atoms. The first kappa shape index (κ1) is 12.1. The highest BCUT2D eigenvalue weighted by atomic mass is 79.9. The van der Waals surface area contributed by atoms with Crippen LogP contribution in [0.5, 0.6) is 0 Å². The number of nitrogens with zero attached hydrogens (tertiary/aromatic N) is 2. The van der Waals surface area contributed by atoms with Crippen LogP contribution in [0.1, 0.15) is 24.6 Å². The summed E-state index contributed by atoms with van der Waals surface area (Å²) in [6.07, 6.45) is 6.37. The molecule has 0 atom stereocenters. The molecule has 1 aromatic heterocycles. The van der Waals surface area contributed by atoms with Gasteiger partial charge in [0, 0.05) is 21.7 Å². The number of hydrogen-bond acceptors (Lipinski definition) is 2. The van der Waals surface area contributed by atoms with Crippen LogP contribution in [0.2, 0.25) is 5.02 Å². The van der Waals surface area contributed by atoms with Gasteiger partial charge in [-0.1, -0.05) is 11.6 Å². The Morgan fingerprint density at radius 3 is 3.06 bits per heavy atom. The number of benzene rings is 1. The zero-order valence-corrected chi connectivity index (χ0v) is 12.1. The van der Waals surface area contributed by atoms with Crippen LogP contribution in [0.3, 0.4) is 0 Å². The van der Waals surface area contributed by atoms with Crippen molar-refractivity contribution in [3.05, 3.63) is 45.9 Å². The molecule has 0 spiro atoms. The molecule has 94 valence electrons. The maximum Gasteiger partial charge on any atom is 0.0951 e. The summed E-state index contributed by atoms with van der Waals surface area (Å²) in [7, 11) is 0. The number of anilines is 1. The number of imidazole rings is 1. The molecule has 2 aromatic rings. The number of nitrogens with one attached hydrogen (secondary N) is 1. The van der Waals surface area contributed by atoms with Gasteiger partial charge in [0.1, 0.15) is 0 Å². The third-order valence-electron chi connectivity index (χ3n) is 3.07. The molecule has 3 nitrogen and oxygen atoms in total. The molecule has 1 heterocycles. The van der Waals surface area contributed by atoms with E-state index in [1.165, 1.54) is 18.5 Å². The third-order valence-corrected chi connectivity index (χ3v) is 4.00. The first-order valence-corrected chi connectivity index (χ1v) is 7.11. The second-order valence-corrected chi connectivity index (χ2v) is 5.79. The summed E-state index contributed by atoms with van der Waals surface area (Å²) in [5.74, 6) is 0. The van der Waals surface area contributed by atoms with E-state index in [1.807, 2.05) is 30.7 Å². The molecule has 0 radical (unpaired) electrons. The van der Waals surface area contributed by atoms with E-state index in [-0.39, 0.29) is 0 Å². The number of aromatic nitrogens is 2. The van der Waals surface area contributed by atoms with Crippen LogP contribution in [0.4, 0.5) is 5.69 Å². The lowest BCUT2D eigenvalue weighted by Gasteiger charge is -2.11. The Balaban J connectivity index is 1.73. The van der Waals surface area contributed by atoms with Gasteiger partial charge in [-0.25, -0.2) is 4.98 Å². The van der Waals surface area contributed by atoms with Crippen molar-refractivity contribution in [2.75, 3.05) is 5.32 Å². The van der Waals surface area contributed by atoms with E-state index in [0.717, 1.165) is 21.7 Å². The molecule has 1 N–H and O–H groups in total. The Labute approximate surface area is 119 Å². The predicted octanol–water partition coefficient (Wildman–Crippen LogP) is 4.25. The molecule has 1 saturated carbocycles. The first-order chi connectivity index (χ1) is 8.74. The minimum atomic E-state index is 0.659. The van der Waals surface area contributed by atoms with Gasteiger partial charge < -0.3 is 9.88 Å². The van der Waals surface area contributed by atoms with E-state index in [1.54, 1.807) is 0 Å². The van der Waals surface area contributed by atoms with Crippen LogP contribution >= 0.6 is 27.5 Å². The largest absolute Gasteiger partial charge is 0.378 e. The minimum Gasteiger partial charge on any atom is -0.378 e. The molecule has 0 saturated heterocycles. The van der Waals surface area contributed by atoms with Gasteiger partial charge in [0.05, 0.1) is 24.3 Å². The smallest absolute Gasteiger partial charge is 0.0951 e. The average molecular weight is 327 g/mol. The lowest BCUT2D eigenvalue weighted by molar-refractivity contribution is 0.701. The van der Waals surface area contributed by atoms with Crippen molar-refractivity contribution < 1.29 is 0 Å². The van der Waals surface area contributed by atoms with Crippen LogP contribution in [0.25, 0.3) is 0 Å². The van der Waals surface area contributed by atoms with Gasteiger partial charge in [0.15, 0.2) is 0 Å². The van der Waals surface area contributed by atoms with Gasteiger partial charge in [-0.2, -0.15) is 0 Å². The summed E-state index contributed by atoms with van der Waals surface area (Å²) in [4.78, 5) is 4.22. The maximum absolute atomic E-state index is 5.99. The van der Waals surface area contributed by atoms with Crippen molar-refractivity contribution in [3.63, 3.8) is 0 Å². The molecule has 1 aliphatic rings. The molecule has 0 amide bonds. The van der Waals surface area contributed by atoms with Gasteiger partial charge in [-0.15, -0.1) is 0 Å². The van der Waals surface area contributed by atoms with Crippen molar-refractivity contribution in [1.82, 2.24) is 9.55 Å². The number of hydrogen-bond donors (Lipinski definition) is 1. The van der Waals surface area contributed by atoms with E-state index < -0.39 is 0 Å². The lowest BCUT2D eigenvalue weighted by atomic mass is 10.3. The van der Waals surface area contributed by atoms with Gasteiger partial charge in [-0.05, 0) is 47.0 Å². The molecule has 18 heavy (non-hydrogen) atoms. The molecule has 1 aromatic carbocycles. The summed E-state index contributed by atoms with van der Waals surface area (Å²) < 4.78 is 3.27. The van der Waals surface area contributed by atoms with Crippen molar-refractivity contribution >= 4 is 33.2 Å². The predicted molar refractivity (Wildman–Crippen MR) is 77.0 cm³/mol. The minimum absolute atomic E-state index is 0.659. The fraction of sp³-hybridized carbons (Fsp3) is 0.308.